The van der Waals surface area contributed by atoms with Crippen molar-refractivity contribution in [3.63, 3.8) is 0 Å². The molecular weight excluding hydrogens is 340 g/mol. The monoisotopic (exact) mass is 354 g/mol. The quantitative estimate of drug-likeness (QED) is 0.891. The summed E-state index contributed by atoms with van der Waals surface area (Å²) in [6, 6.07) is 11.7. The van der Waals surface area contributed by atoms with Crippen molar-refractivity contribution < 1.29 is 4.79 Å². The normalized spacial score (nSPS) is 19.5. The summed E-state index contributed by atoms with van der Waals surface area (Å²) in [4.78, 5) is 18.5. The first-order chi connectivity index (χ1) is 11.8. The average Bonchev–Trinajstić information content (AvgIpc) is 3.12. The molecule has 0 fully saturated rings. The van der Waals surface area contributed by atoms with Crippen molar-refractivity contribution in [2.75, 3.05) is 6.26 Å². The van der Waals surface area contributed by atoms with Crippen molar-refractivity contribution in [3.8, 4) is 0 Å². The second kappa shape index (κ2) is 6.26. The standard InChI is InChI=1S/C17H14N4OS2/c1-23-17-19-16(22)15-12-6-2-3-7-13(12)18-14(21(15)20-17)9-8-11-5-4-10-24-11/h2-10,14H,1H3,(H,19,20,22)/b9-8+/t14-/m0/s1. The molecule has 120 valence electrons. The minimum Gasteiger partial charge on any atom is -0.298 e. The van der Waals surface area contributed by atoms with E-state index < -0.39 is 0 Å². The summed E-state index contributed by atoms with van der Waals surface area (Å²) in [6.07, 6.45) is 5.54. The Balaban J connectivity index is 1.86. The fraction of sp³-hybridized carbons (Fsp3) is 0.118. The van der Waals surface area contributed by atoms with Gasteiger partial charge in [0.1, 0.15) is 5.70 Å². The molecule has 1 N–H and O–H groups in total. The predicted molar refractivity (Wildman–Crippen MR) is 98.7 cm³/mol. The number of thiophene rings is 1. The molecule has 1 atom stereocenters. The number of carbonyl (C=O) groups excluding carboxylic acids is 1. The van der Waals surface area contributed by atoms with E-state index in [1.54, 1.807) is 16.3 Å². The summed E-state index contributed by atoms with van der Waals surface area (Å²) in [5.74, 6) is -0.147. The van der Waals surface area contributed by atoms with Crippen LogP contribution in [0.15, 0.2) is 57.9 Å². The Labute approximate surface area is 147 Å². The Hall–Kier alpha value is -2.38. The van der Waals surface area contributed by atoms with Gasteiger partial charge >= 0.3 is 0 Å². The summed E-state index contributed by atoms with van der Waals surface area (Å²) in [5, 5.41) is 13.3. The third kappa shape index (κ3) is 2.65. The molecular formula is C17H14N4OS2. The SMILES string of the molecule is CSC1=NN2C(=c3ccccc3=N[C@@H]2/C=C/c2cccs2)C(=O)N1. The zero-order valence-corrected chi connectivity index (χ0v) is 14.5. The van der Waals surface area contributed by atoms with Gasteiger partial charge < -0.3 is 0 Å². The number of para-hydroxylation sites is 1. The Morgan fingerprint density at radius 3 is 2.96 bits per heavy atom. The Morgan fingerprint density at radius 2 is 2.17 bits per heavy atom. The summed E-state index contributed by atoms with van der Waals surface area (Å²) in [5.41, 5.74) is 0.541. The maximum Gasteiger partial charge on any atom is 0.276 e. The van der Waals surface area contributed by atoms with Gasteiger partial charge in [0, 0.05) is 10.1 Å². The molecule has 4 rings (SSSR count). The topological polar surface area (TPSA) is 57.1 Å². The van der Waals surface area contributed by atoms with Crippen LogP contribution >= 0.6 is 23.1 Å². The number of hydrogen-bond donors (Lipinski definition) is 1. The molecule has 2 aromatic rings. The highest BCUT2D eigenvalue weighted by Gasteiger charge is 2.31. The number of rotatable bonds is 2. The Morgan fingerprint density at radius 1 is 1.29 bits per heavy atom. The van der Waals surface area contributed by atoms with E-state index in [1.165, 1.54) is 11.8 Å². The van der Waals surface area contributed by atoms with Gasteiger partial charge in [0.05, 0.1) is 5.36 Å². The van der Waals surface area contributed by atoms with E-state index in [4.69, 9.17) is 4.99 Å². The van der Waals surface area contributed by atoms with E-state index in [2.05, 4.69) is 10.4 Å². The maximum absolute atomic E-state index is 12.6. The first-order valence-electron chi connectivity index (χ1n) is 7.38. The summed E-state index contributed by atoms with van der Waals surface area (Å²) in [6.45, 7) is 0. The van der Waals surface area contributed by atoms with Crippen molar-refractivity contribution in [1.29, 1.82) is 0 Å². The lowest BCUT2D eigenvalue weighted by atomic mass is 10.1. The number of fused-ring (bicyclic) bond motifs is 2. The number of amides is 1. The van der Waals surface area contributed by atoms with Crippen molar-refractivity contribution in [1.82, 2.24) is 10.3 Å². The minimum atomic E-state index is -0.342. The number of thioether (sulfide) groups is 1. The van der Waals surface area contributed by atoms with Crippen LogP contribution in [0.3, 0.4) is 0 Å². The Bertz CT molecular complexity index is 963. The molecule has 7 heteroatoms. The number of nitrogens with one attached hydrogen (secondary N) is 1. The van der Waals surface area contributed by atoms with Crippen molar-refractivity contribution in [2.45, 2.75) is 6.17 Å². The van der Waals surface area contributed by atoms with Gasteiger partial charge in [-0.05, 0) is 35.9 Å². The van der Waals surface area contributed by atoms with Gasteiger partial charge in [0.2, 0.25) is 0 Å². The molecule has 5 nitrogen and oxygen atoms in total. The second-order valence-corrected chi connectivity index (χ2v) is 6.97. The van der Waals surface area contributed by atoms with Gasteiger partial charge in [-0.1, -0.05) is 36.0 Å². The van der Waals surface area contributed by atoms with E-state index >= 15 is 0 Å². The van der Waals surface area contributed by atoms with Crippen LogP contribution in [0, 0.1) is 0 Å². The number of hydrogen-bond acceptors (Lipinski definition) is 6. The molecule has 1 aromatic heterocycles. The zero-order valence-electron chi connectivity index (χ0n) is 12.8. The molecule has 0 unspecified atom stereocenters. The molecule has 2 aliphatic heterocycles. The molecule has 0 spiro atoms. The van der Waals surface area contributed by atoms with Crippen LogP contribution in [0.5, 0.6) is 0 Å². The number of amidine groups is 1. The molecule has 0 radical (unpaired) electrons. The van der Waals surface area contributed by atoms with E-state index in [1.807, 2.05) is 60.2 Å². The van der Waals surface area contributed by atoms with Crippen LogP contribution in [0.4, 0.5) is 0 Å². The van der Waals surface area contributed by atoms with E-state index in [9.17, 15) is 4.79 Å². The molecule has 1 aromatic carbocycles. The van der Waals surface area contributed by atoms with Crippen molar-refractivity contribution >= 4 is 45.9 Å². The smallest absolute Gasteiger partial charge is 0.276 e. The van der Waals surface area contributed by atoms with Gasteiger partial charge in [-0.2, -0.15) is 0 Å². The largest absolute Gasteiger partial charge is 0.298 e. The van der Waals surface area contributed by atoms with Crippen LogP contribution in [0.25, 0.3) is 11.8 Å². The van der Waals surface area contributed by atoms with Crippen molar-refractivity contribution in [2.24, 2.45) is 10.1 Å². The van der Waals surface area contributed by atoms with Crippen LogP contribution in [-0.4, -0.2) is 28.5 Å². The molecule has 0 saturated heterocycles. The zero-order chi connectivity index (χ0) is 16.5. The van der Waals surface area contributed by atoms with Gasteiger partial charge in [-0.25, -0.2) is 5.01 Å². The van der Waals surface area contributed by atoms with Crippen molar-refractivity contribution in [3.05, 3.63) is 63.3 Å². The number of benzene rings is 1. The number of carbonyl (C=O) groups is 1. The molecule has 0 saturated carbocycles. The van der Waals surface area contributed by atoms with Gasteiger partial charge in [-0.3, -0.25) is 15.1 Å². The lowest BCUT2D eigenvalue weighted by Gasteiger charge is -2.32. The number of hydrazone groups is 1. The third-order valence-electron chi connectivity index (χ3n) is 3.71. The van der Waals surface area contributed by atoms with Crippen LogP contribution in [0.2, 0.25) is 0 Å². The highest BCUT2D eigenvalue weighted by atomic mass is 32.2. The maximum atomic E-state index is 12.6. The van der Waals surface area contributed by atoms with E-state index in [0.717, 1.165) is 15.5 Å². The van der Waals surface area contributed by atoms with Crippen LogP contribution in [-0.2, 0) is 4.79 Å². The van der Waals surface area contributed by atoms with E-state index in [0.29, 0.717) is 10.9 Å². The molecule has 0 bridgehead atoms. The second-order valence-electron chi connectivity index (χ2n) is 5.19. The van der Waals surface area contributed by atoms with E-state index in [-0.39, 0.29) is 12.1 Å². The van der Waals surface area contributed by atoms with Crippen LogP contribution in [0.1, 0.15) is 4.88 Å². The predicted octanol–water partition coefficient (Wildman–Crippen LogP) is 1.59. The molecule has 0 aliphatic carbocycles. The lowest BCUT2D eigenvalue weighted by molar-refractivity contribution is -0.116. The fourth-order valence-electron chi connectivity index (χ4n) is 2.64. The summed E-state index contributed by atoms with van der Waals surface area (Å²) in [7, 11) is 0. The molecule has 1 amide bonds. The molecule has 2 aliphatic rings. The first kappa shape index (κ1) is 15.2. The van der Waals surface area contributed by atoms with Crippen LogP contribution < -0.4 is 15.9 Å². The number of nitrogens with zero attached hydrogens (tertiary/aromatic N) is 3. The van der Waals surface area contributed by atoms with Gasteiger partial charge in [0.15, 0.2) is 11.3 Å². The average molecular weight is 354 g/mol. The first-order valence-corrected chi connectivity index (χ1v) is 9.49. The lowest BCUT2D eigenvalue weighted by Crippen LogP contribution is -2.52. The van der Waals surface area contributed by atoms with Gasteiger partial charge in [0.25, 0.3) is 5.91 Å². The third-order valence-corrected chi connectivity index (χ3v) is 5.12. The fourth-order valence-corrected chi connectivity index (χ4v) is 3.63. The minimum absolute atomic E-state index is 0.147. The highest BCUT2D eigenvalue weighted by Crippen LogP contribution is 2.21. The highest BCUT2D eigenvalue weighted by molar-refractivity contribution is 8.13. The van der Waals surface area contributed by atoms with Gasteiger partial charge in [-0.15, -0.1) is 16.4 Å². The Kier molecular flexibility index (Phi) is 3.95. The summed E-state index contributed by atoms with van der Waals surface area (Å²) >= 11 is 3.06. The molecule has 24 heavy (non-hydrogen) atoms. The summed E-state index contributed by atoms with van der Waals surface area (Å²) < 4.78 is 0. The molecule has 3 heterocycles.